The third-order valence-corrected chi connectivity index (χ3v) is 3.27. The van der Waals surface area contributed by atoms with Gasteiger partial charge in [-0.05, 0) is 35.9 Å². The molecule has 2 aromatic rings. The smallest absolute Gasteiger partial charge is 0.221 e. The van der Waals surface area contributed by atoms with Gasteiger partial charge in [-0.1, -0.05) is 22.8 Å². The maximum absolute atomic E-state index is 11.5. The van der Waals surface area contributed by atoms with Crippen LogP contribution in [-0.2, 0) is 9.84 Å². The Morgan fingerprint density at radius 2 is 1.94 bits per heavy atom. The quantitative estimate of drug-likeness (QED) is 0.785. The van der Waals surface area contributed by atoms with E-state index in [1.807, 2.05) is 26.0 Å². The van der Waals surface area contributed by atoms with E-state index in [0.717, 1.165) is 17.4 Å². The number of hydrogen-bond acceptors (Lipinski definition) is 5. The Balaban J connectivity index is 2.66. The van der Waals surface area contributed by atoms with E-state index in [-0.39, 0.29) is 5.16 Å². The van der Waals surface area contributed by atoms with Crippen LogP contribution in [0.2, 0.25) is 0 Å². The minimum atomic E-state index is -3.44. The molecule has 1 heterocycles. The third kappa shape index (κ3) is 2.19. The first-order chi connectivity index (χ1) is 7.89. The first-order valence-electron chi connectivity index (χ1n) is 4.95. The van der Waals surface area contributed by atoms with E-state index in [4.69, 9.17) is 0 Å². The predicted molar refractivity (Wildman–Crippen MR) is 61.7 cm³/mol. The standard InChI is InChI=1S/C10H12N4O2S/c1-7-4-5-9(8(2)6-7)14-10(11-12-13-14)17(3,15)16/h4-6H,1-3H3. The zero-order chi connectivity index (χ0) is 12.6. The first-order valence-corrected chi connectivity index (χ1v) is 6.85. The largest absolute Gasteiger partial charge is 0.272 e. The van der Waals surface area contributed by atoms with Crippen molar-refractivity contribution in [2.75, 3.05) is 6.26 Å². The predicted octanol–water partition coefficient (Wildman–Crippen LogP) is 0.683. The Kier molecular flexibility index (Phi) is 2.70. The van der Waals surface area contributed by atoms with Crippen LogP contribution >= 0.6 is 0 Å². The Morgan fingerprint density at radius 1 is 1.24 bits per heavy atom. The van der Waals surface area contributed by atoms with Crippen molar-refractivity contribution in [2.45, 2.75) is 19.0 Å². The van der Waals surface area contributed by atoms with Gasteiger partial charge >= 0.3 is 0 Å². The van der Waals surface area contributed by atoms with Crippen molar-refractivity contribution in [2.24, 2.45) is 0 Å². The molecule has 1 aromatic heterocycles. The minimum Gasteiger partial charge on any atom is -0.221 e. The Bertz CT molecular complexity index is 661. The molecule has 0 atom stereocenters. The van der Waals surface area contributed by atoms with Crippen molar-refractivity contribution >= 4 is 9.84 Å². The van der Waals surface area contributed by atoms with Gasteiger partial charge in [-0.25, -0.2) is 8.42 Å². The number of nitrogens with zero attached hydrogens (tertiary/aromatic N) is 4. The second-order valence-corrected chi connectivity index (χ2v) is 5.84. The van der Waals surface area contributed by atoms with Crippen LogP contribution in [0.4, 0.5) is 0 Å². The van der Waals surface area contributed by atoms with Crippen molar-refractivity contribution in [1.29, 1.82) is 0 Å². The van der Waals surface area contributed by atoms with Gasteiger partial charge in [0.25, 0.3) is 5.16 Å². The fraction of sp³-hybridized carbons (Fsp3) is 0.300. The van der Waals surface area contributed by atoms with Crippen molar-refractivity contribution in [3.63, 3.8) is 0 Å². The van der Waals surface area contributed by atoms with Crippen LogP contribution in [0.5, 0.6) is 0 Å². The van der Waals surface area contributed by atoms with Crippen molar-refractivity contribution in [3.8, 4) is 5.69 Å². The third-order valence-electron chi connectivity index (χ3n) is 2.35. The van der Waals surface area contributed by atoms with E-state index in [0.29, 0.717) is 5.69 Å². The fourth-order valence-electron chi connectivity index (χ4n) is 1.60. The molecule has 0 aliphatic heterocycles. The SMILES string of the molecule is Cc1ccc(-n2nnnc2S(C)(=O)=O)c(C)c1. The summed E-state index contributed by atoms with van der Waals surface area (Å²) in [6.07, 6.45) is 1.08. The summed E-state index contributed by atoms with van der Waals surface area (Å²) in [5.74, 6) is 0. The molecule has 0 fully saturated rings. The van der Waals surface area contributed by atoms with E-state index in [2.05, 4.69) is 15.5 Å². The lowest BCUT2D eigenvalue weighted by atomic mass is 10.1. The Morgan fingerprint density at radius 3 is 2.53 bits per heavy atom. The molecule has 2 rings (SSSR count). The average Bonchev–Trinajstić information content (AvgIpc) is 2.65. The molecule has 7 heteroatoms. The van der Waals surface area contributed by atoms with Gasteiger partial charge in [0.2, 0.25) is 9.84 Å². The molecule has 90 valence electrons. The van der Waals surface area contributed by atoms with Crippen LogP contribution in [0.3, 0.4) is 0 Å². The number of hydrogen-bond donors (Lipinski definition) is 0. The van der Waals surface area contributed by atoms with Crippen LogP contribution in [0, 0.1) is 13.8 Å². The van der Waals surface area contributed by atoms with Gasteiger partial charge in [0, 0.05) is 6.26 Å². The van der Waals surface area contributed by atoms with Gasteiger partial charge in [-0.2, -0.15) is 4.68 Å². The van der Waals surface area contributed by atoms with E-state index in [9.17, 15) is 8.42 Å². The number of aryl methyl sites for hydroxylation is 2. The van der Waals surface area contributed by atoms with Gasteiger partial charge < -0.3 is 0 Å². The number of aromatic nitrogens is 4. The second-order valence-electron chi connectivity index (χ2n) is 3.94. The fourth-order valence-corrected chi connectivity index (χ4v) is 2.24. The highest BCUT2D eigenvalue weighted by atomic mass is 32.2. The van der Waals surface area contributed by atoms with E-state index < -0.39 is 9.84 Å². The van der Waals surface area contributed by atoms with Crippen LogP contribution < -0.4 is 0 Å². The van der Waals surface area contributed by atoms with E-state index in [1.165, 1.54) is 4.68 Å². The molecule has 0 amide bonds. The molecule has 0 aliphatic rings. The molecule has 0 unspecified atom stereocenters. The molecule has 17 heavy (non-hydrogen) atoms. The molecule has 0 N–H and O–H groups in total. The summed E-state index contributed by atoms with van der Waals surface area (Å²) in [7, 11) is -3.44. The zero-order valence-electron chi connectivity index (χ0n) is 9.75. The van der Waals surface area contributed by atoms with Crippen LogP contribution in [-0.4, -0.2) is 34.9 Å². The monoisotopic (exact) mass is 252 g/mol. The molecule has 0 bridgehead atoms. The van der Waals surface area contributed by atoms with Crippen molar-refractivity contribution in [1.82, 2.24) is 20.2 Å². The molecule has 0 saturated carbocycles. The second kappa shape index (κ2) is 3.92. The topological polar surface area (TPSA) is 77.7 Å². The molecular formula is C10H12N4O2S. The summed E-state index contributed by atoms with van der Waals surface area (Å²) in [5.41, 5.74) is 2.68. The van der Waals surface area contributed by atoms with Crippen molar-refractivity contribution < 1.29 is 8.42 Å². The molecule has 6 nitrogen and oxygen atoms in total. The van der Waals surface area contributed by atoms with Gasteiger partial charge in [0.15, 0.2) is 0 Å². The van der Waals surface area contributed by atoms with Crippen LogP contribution in [0.25, 0.3) is 5.69 Å². The lowest BCUT2D eigenvalue weighted by Crippen LogP contribution is -2.10. The van der Waals surface area contributed by atoms with Crippen molar-refractivity contribution in [3.05, 3.63) is 29.3 Å². The minimum absolute atomic E-state index is 0.149. The van der Waals surface area contributed by atoms with Crippen LogP contribution in [0.15, 0.2) is 23.4 Å². The van der Waals surface area contributed by atoms with E-state index >= 15 is 0 Å². The van der Waals surface area contributed by atoms with Gasteiger partial charge in [0.05, 0.1) is 5.69 Å². The summed E-state index contributed by atoms with van der Waals surface area (Å²) in [6.45, 7) is 3.85. The van der Waals surface area contributed by atoms with Gasteiger partial charge in [0.1, 0.15) is 0 Å². The Hall–Kier alpha value is -1.76. The summed E-state index contributed by atoms with van der Waals surface area (Å²) in [5, 5.41) is 10.5. The highest BCUT2D eigenvalue weighted by Gasteiger charge is 2.19. The maximum Gasteiger partial charge on any atom is 0.272 e. The number of benzene rings is 1. The summed E-state index contributed by atoms with van der Waals surface area (Å²) < 4.78 is 24.2. The molecule has 0 spiro atoms. The number of sulfone groups is 1. The van der Waals surface area contributed by atoms with Gasteiger partial charge in [-0.15, -0.1) is 0 Å². The number of rotatable bonds is 2. The molecule has 0 saturated heterocycles. The van der Waals surface area contributed by atoms with Gasteiger partial charge in [-0.3, -0.25) is 0 Å². The summed E-state index contributed by atoms with van der Waals surface area (Å²) in [6, 6.07) is 5.63. The lowest BCUT2D eigenvalue weighted by molar-refractivity contribution is 0.586. The molecule has 0 radical (unpaired) electrons. The molecule has 0 aliphatic carbocycles. The summed E-state index contributed by atoms with van der Waals surface area (Å²) >= 11 is 0. The average molecular weight is 252 g/mol. The molecule has 1 aromatic carbocycles. The molecular weight excluding hydrogens is 240 g/mol. The van der Waals surface area contributed by atoms with E-state index in [1.54, 1.807) is 6.07 Å². The number of tetrazole rings is 1. The zero-order valence-corrected chi connectivity index (χ0v) is 10.6. The Labute approximate surface area is 99.2 Å². The first kappa shape index (κ1) is 11.7. The normalized spacial score (nSPS) is 11.7. The highest BCUT2D eigenvalue weighted by Crippen LogP contribution is 2.17. The highest BCUT2D eigenvalue weighted by molar-refractivity contribution is 7.90. The van der Waals surface area contributed by atoms with Crippen LogP contribution in [0.1, 0.15) is 11.1 Å². The lowest BCUT2D eigenvalue weighted by Gasteiger charge is -2.07. The maximum atomic E-state index is 11.5. The summed E-state index contributed by atoms with van der Waals surface area (Å²) in [4.78, 5) is 0.